The molecule has 0 bridgehead atoms. The lowest BCUT2D eigenvalue weighted by Crippen LogP contribution is -2.49. The second-order valence-electron chi connectivity index (χ2n) is 5.93. The van der Waals surface area contributed by atoms with Gasteiger partial charge in [-0.05, 0) is 46.3 Å². The number of carbonyl (C=O) groups is 1. The first-order valence-corrected chi connectivity index (χ1v) is 9.06. The Labute approximate surface area is 163 Å². The van der Waals surface area contributed by atoms with Crippen LogP contribution in [0.4, 0.5) is 14.5 Å². The van der Waals surface area contributed by atoms with E-state index in [-0.39, 0.29) is 17.2 Å². The molecule has 3 rings (SSSR count). The lowest BCUT2D eigenvalue weighted by Gasteiger charge is -2.36. The van der Waals surface area contributed by atoms with E-state index in [0.29, 0.717) is 31.7 Å². The molecule has 2 aromatic carbocycles. The molecule has 0 saturated carbocycles. The van der Waals surface area contributed by atoms with E-state index in [2.05, 4.69) is 31.6 Å². The van der Waals surface area contributed by atoms with Gasteiger partial charge in [-0.1, -0.05) is 12.1 Å². The van der Waals surface area contributed by atoms with Crippen molar-refractivity contribution >= 4 is 27.5 Å². The minimum absolute atomic E-state index is 0.116. The Morgan fingerprint density at radius 2 is 1.85 bits per heavy atom. The molecule has 1 fully saturated rings. The summed E-state index contributed by atoms with van der Waals surface area (Å²) in [7, 11) is 0. The molecule has 1 heterocycles. The SMILES string of the molecule is N#Cc1ccc(N2CCN(C(=O)c3ccccc3OC(F)F)CC2)c(Br)c1. The van der Waals surface area contributed by atoms with Crippen LogP contribution in [0.5, 0.6) is 5.75 Å². The number of anilines is 1. The summed E-state index contributed by atoms with van der Waals surface area (Å²) in [5, 5.41) is 8.96. The van der Waals surface area contributed by atoms with Crippen LogP contribution >= 0.6 is 15.9 Å². The van der Waals surface area contributed by atoms with Crippen LogP contribution in [0.15, 0.2) is 46.9 Å². The number of alkyl halides is 2. The van der Waals surface area contributed by atoms with Crippen LogP contribution in [0, 0.1) is 11.3 Å². The number of amides is 1. The van der Waals surface area contributed by atoms with E-state index in [4.69, 9.17) is 5.26 Å². The second-order valence-corrected chi connectivity index (χ2v) is 6.79. The van der Waals surface area contributed by atoms with E-state index in [1.165, 1.54) is 12.1 Å². The van der Waals surface area contributed by atoms with Gasteiger partial charge in [0.15, 0.2) is 0 Å². The van der Waals surface area contributed by atoms with E-state index >= 15 is 0 Å². The number of nitriles is 1. The average molecular weight is 436 g/mol. The Bertz CT molecular complexity index is 877. The summed E-state index contributed by atoms with van der Waals surface area (Å²) in [4.78, 5) is 16.5. The lowest BCUT2D eigenvalue weighted by molar-refractivity contribution is -0.0502. The summed E-state index contributed by atoms with van der Waals surface area (Å²) >= 11 is 3.48. The van der Waals surface area contributed by atoms with Crippen molar-refractivity contribution in [3.8, 4) is 11.8 Å². The zero-order valence-electron chi connectivity index (χ0n) is 14.2. The first-order valence-electron chi connectivity index (χ1n) is 8.27. The number of piperazine rings is 1. The monoisotopic (exact) mass is 435 g/mol. The highest BCUT2D eigenvalue weighted by Crippen LogP contribution is 2.29. The number of ether oxygens (including phenoxy) is 1. The summed E-state index contributed by atoms with van der Waals surface area (Å²) in [5.74, 6) is -0.445. The third kappa shape index (κ3) is 4.37. The van der Waals surface area contributed by atoms with Gasteiger partial charge >= 0.3 is 6.61 Å². The zero-order valence-corrected chi connectivity index (χ0v) is 15.8. The molecule has 8 heteroatoms. The standard InChI is InChI=1S/C19H16BrF2N3O2/c20-15-11-13(12-23)5-6-16(15)24-7-9-25(10-8-24)18(26)14-3-1-2-4-17(14)27-19(21)22/h1-6,11,19H,7-10H2. The summed E-state index contributed by atoms with van der Waals surface area (Å²) in [6, 6.07) is 13.5. The van der Waals surface area contributed by atoms with Crippen molar-refractivity contribution in [2.45, 2.75) is 6.61 Å². The summed E-state index contributed by atoms with van der Waals surface area (Å²) < 4.78 is 30.4. The highest BCUT2D eigenvalue weighted by Gasteiger charge is 2.25. The molecular weight excluding hydrogens is 420 g/mol. The van der Waals surface area contributed by atoms with Crippen LogP contribution in [0.25, 0.3) is 0 Å². The Hall–Kier alpha value is -2.66. The maximum atomic E-state index is 12.7. The third-order valence-corrected chi connectivity index (χ3v) is 4.95. The van der Waals surface area contributed by atoms with Crippen LogP contribution in [0.1, 0.15) is 15.9 Å². The molecule has 140 valence electrons. The molecule has 1 aliphatic heterocycles. The molecule has 0 aromatic heterocycles. The minimum Gasteiger partial charge on any atom is -0.434 e. The van der Waals surface area contributed by atoms with Gasteiger partial charge in [0, 0.05) is 30.7 Å². The molecule has 1 saturated heterocycles. The van der Waals surface area contributed by atoms with Crippen molar-refractivity contribution in [2.75, 3.05) is 31.1 Å². The molecule has 5 nitrogen and oxygen atoms in total. The number of nitrogens with zero attached hydrogens (tertiary/aromatic N) is 3. The molecule has 27 heavy (non-hydrogen) atoms. The molecule has 2 aromatic rings. The number of carbonyl (C=O) groups excluding carboxylic acids is 1. The fourth-order valence-electron chi connectivity index (χ4n) is 3.00. The molecule has 0 N–H and O–H groups in total. The first kappa shape index (κ1) is 19.1. The zero-order chi connectivity index (χ0) is 19.4. The molecule has 0 spiro atoms. The van der Waals surface area contributed by atoms with Crippen molar-refractivity contribution < 1.29 is 18.3 Å². The van der Waals surface area contributed by atoms with E-state index < -0.39 is 6.61 Å². The van der Waals surface area contributed by atoms with Gasteiger partial charge in [-0.15, -0.1) is 0 Å². The maximum Gasteiger partial charge on any atom is 0.387 e. The minimum atomic E-state index is -2.98. The highest BCUT2D eigenvalue weighted by molar-refractivity contribution is 9.10. The topological polar surface area (TPSA) is 56.6 Å². The summed E-state index contributed by atoms with van der Waals surface area (Å²) in [5.41, 5.74) is 1.64. The quantitative estimate of drug-likeness (QED) is 0.730. The van der Waals surface area contributed by atoms with E-state index in [1.54, 1.807) is 29.2 Å². The molecule has 1 aliphatic rings. The average Bonchev–Trinajstić information content (AvgIpc) is 2.67. The number of hydrogen-bond donors (Lipinski definition) is 0. The van der Waals surface area contributed by atoms with Crippen molar-refractivity contribution in [2.24, 2.45) is 0 Å². The first-order chi connectivity index (χ1) is 13.0. The molecule has 0 aliphatic carbocycles. The molecular formula is C19H16BrF2N3O2. The van der Waals surface area contributed by atoms with Gasteiger partial charge in [0.2, 0.25) is 0 Å². The predicted octanol–water partition coefficient (Wildman–Crippen LogP) is 3.88. The van der Waals surface area contributed by atoms with Crippen molar-refractivity contribution in [3.63, 3.8) is 0 Å². The highest BCUT2D eigenvalue weighted by atomic mass is 79.9. The number of hydrogen-bond acceptors (Lipinski definition) is 4. The summed E-state index contributed by atoms with van der Waals surface area (Å²) in [6.07, 6.45) is 0. The second kappa shape index (κ2) is 8.35. The Kier molecular flexibility index (Phi) is 5.91. The number of para-hydroxylation sites is 1. The predicted molar refractivity (Wildman–Crippen MR) is 100 cm³/mol. The van der Waals surface area contributed by atoms with Crippen LogP contribution in [0.3, 0.4) is 0 Å². The van der Waals surface area contributed by atoms with E-state index in [1.807, 2.05) is 6.07 Å². The van der Waals surface area contributed by atoms with Gasteiger partial charge in [0.05, 0.1) is 22.9 Å². The fraction of sp³-hybridized carbons (Fsp3) is 0.263. The molecule has 0 unspecified atom stereocenters. The molecule has 1 amide bonds. The van der Waals surface area contributed by atoms with Crippen molar-refractivity contribution in [1.82, 2.24) is 4.90 Å². The largest absolute Gasteiger partial charge is 0.434 e. The number of benzene rings is 2. The van der Waals surface area contributed by atoms with Gasteiger partial charge in [0.25, 0.3) is 5.91 Å². The maximum absolute atomic E-state index is 12.7. The summed E-state index contributed by atoms with van der Waals surface area (Å²) in [6.45, 7) is -0.894. The Balaban J connectivity index is 1.69. The molecule has 0 atom stereocenters. The van der Waals surface area contributed by atoms with Gasteiger partial charge in [-0.2, -0.15) is 14.0 Å². The number of rotatable bonds is 4. The third-order valence-electron chi connectivity index (χ3n) is 4.32. The van der Waals surface area contributed by atoms with Gasteiger partial charge in [0.1, 0.15) is 5.75 Å². The van der Waals surface area contributed by atoms with Crippen molar-refractivity contribution in [1.29, 1.82) is 5.26 Å². The number of halogens is 3. The van der Waals surface area contributed by atoms with Gasteiger partial charge < -0.3 is 14.5 Å². The normalized spacial score (nSPS) is 14.2. The van der Waals surface area contributed by atoms with Crippen LogP contribution in [-0.2, 0) is 0 Å². The van der Waals surface area contributed by atoms with Crippen molar-refractivity contribution in [3.05, 3.63) is 58.1 Å². The fourth-order valence-corrected chi connectivity index (χ4v) is 3.63. The van der Waals surface area contributed by atoms with Crippen LogP contribution in [-0.4, -0.2) is 43.6 Å². The lowest BCUT2D eigenvalue weighted by atomic mass is 10.1. The molecule has 0 radical (unpaired) electrons. The van der Waals surface area contributed by atoms with E-state index in [9.17, 15) is 13.6 Å². The van der Waals surface area contributed by atoms with Crippen LogP contribution < -0.4 is 9.64 Å². The van der Waals surface area contributed by atoms with E-state index in [0.717, 1.165) is 10.2 Å². The van der Waals surface area contributed by atoms with Gasteiger partial charge in [-0.3, -0.25) is 4.79 Å². The Morgan fingerprint density at radius 3 is 2.48 bits per heavy atom. The smallest absolute Gasteiger partial charge is 0.387 e. The van der Waals surface area contributed by atoms with Gasteiger partial charge in [-0.25, -0.2) is 0 Å². The Morgan fingerprint density at radius 1 is 1.15 bits per heavy atom. The van der Waals surface area contributed by atoms with Crippen LogP contribution in [0.2, 0.25) is 0 Å².